The van der Waals surface area contributed by atoms with Crippen LogP contribution in [0.25, 0.3) is 0 Å². The van der Waals surface area contributed by atoms with Gasteiger partial charge in [-0.25, -0.2) is 13.1 Å². The lowest BCUT2D eigenvalue weighted by atomic mass is 10.0. The summed E-state index contributed by atoms with van der Waals surface area (Å²) in [6, 6.07) is 3.25. The van der Waals surface area contributed by atoms with Crippen molar-refractivity contribution in [2.45, 2.75) is 37.1 Å². The topological polar surface area (TPSA) is 75.4 Å². The number of hydrogen-bond donors (Lipinski definition) is 2. The zero-order valence-electron chi connectivity index (χ0n) is 12.4. The summed E-state index contributed by atoms with van der Waals surface area (Å²) >= 11 is 5.92. The van der Waals surface area contributed by atoms with Crippen LogP contribution in [-0.2, 0) is 10.0 Å². The first-order chi connectivity index (χ1) is 9.81. The Hall–Kier alpha value is -0.820. The minimum Gasteiger partial charge on any atom is -0.398 e. The van der Waals surface area contributed by atoms with Crippen molar-refractivity contribution in [1.82, 2.24) is 9.62 Å². The second kappa shape index (κ2) is 6.52. The van der Waals surface area contributed by atoms with Gasteiger partial charge in [0, 0.05) is 23.3 Å². The maximum atomic E-state index is 12.5. The Morgan fingerprint density at radius 3 is 2.81 bits per heavy atom. The molecule has 1 atom stereocenters. The fraction of sp³-hybridized carbons (Fsp3) is 0.571. The number of hydrogen-bond acceptors (Lipinski definition) is 4. The van der Waals surface area contributed by atoms with Crippen LogP contribution in [0, 0.1) is 6.92 Å². The van der Waals surface area contributed by atoms with Crippen LogP contribution in [0.1, 0.15) is 24.8 Å². The molecule has 0 aliphatic carbocycles. The quantitative estimate of drug-likeness (QED) is 0.827. The normalized spacial score (nSPS) is 20.6. The standard InChI is InChI=1S/C14H22ClN3O2S/c1-10-13(16)7-11(15)8-14(10)21(19,20)17-9-12-5-3-4-6-18(12)2/h7-8,12,17H,3-6,9,16H2,1-2H3. The van der Waals surface area contributed by atoms with Gasteiger partial charge in [0.05, 0.1) is 4.90 Å². The highest BCUT2D eigenvalue weighted by atomic mass is 35.5. The third kappa shape index (κ3) is 3.88. The van der Waals surface area contributed by atoms with Crippen LogP contribution in [0.4, 0.5) is 5.69 Å². The third-order valence-corrected chi connectivity index (χ3v) is 5.85. The molecule has 3 N–H and O–H groups in total. The Morgan fingerprint density at radius 1 is 1.43 bits per heavy atom. The molecule has 0 saturated carbocycles. The summed E-state index contributed by atoms with van der Waals surface area (Å²) in [5.41, 5.74) is 6.71. The number of likely N-dealkylation sites (N-methyl/N-ethyl adjacent to an activating group) is 1. The first-order valence-corrected chi connectivity index (χ1v) is 8.93. The minimum atomic E-state index is -3.60. The number of likely N-dealkylation sites (tertiary alicyclic amines) is 1. The highest BCUT2D eigenvalue weighted by Gasteiger charge is 2.23. The smallest absolute Gasteiger partial charge is 0.241 e. The largest absolute Gasteiger partial charge is 0.398 e. The van der Waals surface area contributed by atoms with Gasteiger partial charge in [0.25, 0.3) is 0 Å². The lowest BCUT2D eigenvalue weighted by Gasteiger charge is -2.32. The van der Waals surface area contributed by atoms with Crippen LogP contribution < -0.4 is 10.5 Å². The number of anilines is 1. The number of nitrogen functional groups attached to an aromatic ring is 1. The van der Waals surface area contributed by atoms with Gasteiger partial charge in [-0.1, -0.05) is 18.0 Å². The molecule has 0 spiro atoms. The maximum absolute atomic E-state index is 12.5. The Balaban J connectivity index is 2.15. The first kappa shape index (κ1) is 16.5. The summed E-state index contributed by atoms with van der Waals surface area (Å²) in [5.74, 6) is 0. The predicted octanol–water partition coefficient (Wildman–Crippen LogP) is 1.99. The van der Waals surface area contributed by atoms with Gasteiger partial charge < -0.3 is 10.6 Å². The van der Waals surface area contributed by atoms with Crippen LogP contribution in [0.15, 0.2) is 17.0 Å². The van der Waals surface area contributed by atoms with Crippen LogP contribution in [-0.4, -0.2) is 39.5 Å². The SMILES string of the molecule is Cc1c(N)cc(Cl)cc1S(=O)(=O)NCC1CCCCN1C. The molecule has 21 heavy (non-hydrogen) atoms. The van der Waals surface area contributed by atoms with Crippen molar-refractivity contribution in [2.75, 3.05) is 25.9 Å². The van der Waals surface area contributed by atoms with E-state index in [9.17, 15) is 8.42 Å². The van der Waals surface area contributed by atoms with Gasteiger partial charge in [0.1, 0.15) is 0 Å². The summed E-state index contributed by atoms with van der Waals surface area (Å²) in [7, 11) is -1.57. The van der Waals surface area contributed by atoms with E-state index in [0.29, 0.717) is 22.8 Å². The summed E-state index contributed by atoms with van der Waals surface area (Å²) < 4.78 is 27.6. The van der Waals surface area contributed by atoms with Crippen molar-refractivity contribution in [1.29, 1.82) is 0 Å². The molecule has 1 saturated heterocycles. The van der Waals surface area contributed by atoms with E-state index in [1.165, 1.54) is 12.5 Å². The van der Waals surface area contributed by atoms with Crippen molar-refractivity contribution < 1.29 is 8.42 Å². The van der Waals surface area contributed by atoms with E-state index in [1.54, 1.807) is 13.0 Å². The molecule has 1 unspecified atom stereocenters. The molecule has 5 nitrogen and oxygen atoms in total. The number of piperidine rings is 1. The first-order valence-electron chi connectivity index (χ1n) is 7.07. The zero-order chi connectivity index (χ0) is 15.6. The fourth-order valence-electron chi connectivity index (χ4n) is 2.64. The molecular weight excluding hydrogens is 310 g/mol. The molecule has 118 valence electrons. The Kier molecular flexibility index (Phi) is 5.14. The molecule has 1 aromatic carbocycles. The summed E-state index contributed by atoms with van der Waals surface area (Å²) in [6.45, 7) is 3.10. The van der Waals surface area contributed by atoms with Gasteiger partial charge in [-0.3, -0.25) is 0 Å². The second-order valence-electron chi connectivity index (χ2n) is 5.60. The van der Waals surface area contributed by atoms with E-state index in [0.717, 1.165) is 19.4 Å². The van der Waals surface area contributed by atoms with Crippen molar-refractivity contribution >= 4 is 27.3 Å². The van der Waals surface area contributed by atoms with E-state index in [-0.39, 0.29) is 10.9 Å². The van der Waals surface area contributed by atoms with E-state index in [4.69, 9.17) is 17.3 Å². The molecular formula is C14H22ClN3O2S. The number of sulfonamides is 1. The van der Waals surface area contributed by atoms with Crippen molar-refractivity contribution in [3.63, 3.8) is 0 Å². The molecule has 7 heteroatoms. The molecule has 1 fully saturated rings. The number of nitrogens with two attached hydrogens (primary N) is 1. The van der Waals surface area contributed by atoms with Crippen LogP contribution in [0.5, 0.6) is 0 Å². The highest BCUT2D eigenvalue weighted by molar-refractivity contribution is 7.89. The van der Waals surface area contributed by atoms with Crippen LogP contribution in [0.3, 0.4) is 0 Å². The van der Waals surface area contributed by atoms with Crippen molar-refractivity contribution in [3.8, 4) is 0 Å². The van der Waals surface area contributed by atoms with Crippen LogP contribution in [0.2, 0.25) is 5.02 Å². The lowest BCUT2D eigenvalue weighted by molar-refractivity contribution is 0.187. The van der Waals surface area contributed by atoms with Gasteiger partial charge in [0.15, 0.2) is 0 Å². The molecule has 0 radical (unpaired) electrons. The number of nitrogens with one attached hydrogen (secondary N) is 1. The summed E-state index contributed by atoms with van der Waals surface area (Å²) in [6.07, 6.45) is 3.32. The predicted molar refractivity (Wildman–Crippen MR) is 86.1 cm³/mol. The van der Waals surface area contributed by atoms with Gasteiger partial charge in [-0.2, -0.15) is 0 Å². The summed E-state index contributed by atoms with van der Waals surface area (Å²) in [4.78, 5) is 2.36. The number of benzene rings is 1. The number of halogens is 1. The van der Waals surface area contributed by atoms with Crippen molar-refractivity contribution in [2.24, 2.45) is 0 Å². The summed E-state index contributed by atoms with van der Waals surface area (Å²) in [5, 5.41) is 0.327. The Morgan fingerprint density at radius 2 is 2.14 bits per heavy atom. The van der Waals surface area contributed by atoms with Gasteiger partial charge in [-0.05, 0) is 51.1 Å². The molecule has 0 aromatic heterocycles. The molecule has 1 aromatic rings. The van der Waals surface area contributed by atoms with Gasteiger partial charge in [-0.15, -0.1) is 0 Å². The maximum Gasteiger partial charge on any atom is 0.241 e. The average Bonchev–Trinajstić information content (AvgIpc) is 2.42. The molecule has 0 bridgehead atoms. The lowest BCUT2D eigenvalue weighted by Crippen LogP contribution is -2.44. The molecule has 1 aliphatic heterocycles. The van der Waals surface area contributed by atoms with Gasteiger partial charge >= 0.3 is 0 Å². The molecule has 0 amide bonds. The highest BCUT2D eigenvalue weighted by Crippen LogP contribution is 2.26. The Labute approximate surface area is 131 Å². The minimum absolute atomic E-state index is 0.158. The monoisotopic (exact) mass is 331 g/mol. The second-order valence-corrected chi connectivity index (χ2v) is 7.77. The van der Waals surface area contributed by atoms with Gasteiger partial charge in [0.2, 0.25) is 10.0 Å². The third-order valence-electron chi connectivity index (χ3n) is 4.08. The van der Waals surface area contributed by atoms with Crippen LogP contribution >= 0.6 is 11.6 Å². The Bertz CT molecular complexity index is 619. The van der Waals surface area contributed by atoms with E-state index in [2.05, 4.69) is 9.62 Å². The molecule has 1 heterocycles. The fourth-order valence-corrected chi connectivity index (χ4v) is 4.30. The average molecular weight is 332 g/mol. The van der Waals surface area contributed by atoms with Crippen molar-refractivity contribution in [3.05, 3.63) is 22.7 Å². The number of rotatable bonds is 4. The number of nitrogens with zero attached hydrogens (tertiary/aromatic N) is 1. The van der Waals surface area contributed by atoms with E-state index >= 15 is 0 Å². The van der Waals surface area contributed by atoms with E-state index < -0.39 is 10.0 Å². The zero-order valence-corrected chi connectivity index (χ0v) is 14.0. The molecule has 2 rings (SSSR count). The molecule has 1 aliphatic rings. The van der Waals surface area contributed by atoms with E-state index in [1.807, 2.05) is 7.05 Å².